The highest BCUT2D eigenvalue weighted by Crippen LogP contribution is 2.24. The molecule has 3 heteroatoms. The maximum atomic E-state index is 5.94. The monoisotopic (exact) mass is 205 g/mol. The molecule has 0 bridgehead atoms. The molecule has 0 aliphatic carbocycles. The molecule has 2 N–H and O–H groups in total. The Morgan fingerprint density at radius 3 is 2.67 bits per heavy atom. The van der Waals surface area contributed by atoms with Crippen LogP contribution in [0.15, 0.2) is 40.7 Å². The fraction of sp³-hybridized carbons (Fsp3) is 0.417. The van der Waals surface area contributed by atoms with Crippen molar-refractivity contribution < 1.29 is 0 Å². The van der Waals surface area contributed by atoms with Crippen LogP contribution in [-0.4, -0.2) is 10.8 Å². The lowest BCUT2D eigenvalue weighted by Crippen LogP contribution is -2.37. The first-order chi connectivity index (χ1) is 7.11. The van der Waals surface area contributed by atoms with Crippen LogP contribution in [0, 0.1) is 0 Å². The molecular formula is C12H19N3. The molecule has 0 spiro atoms. The molecule has 1 aliphatic rings. The Bertz CT molecular complexity index is 348. The molecule has 0 amide bonds. The van der Waals surface area contributed by atoms with Crippen molar-refractivity contribution in [2.45, 2.75) is 33.6 Å². The second kappa shape index (κ2) is 4.94. The van der Waals surface area contributed by atoms with Gasteiger partial charge < -0.3 is 0 Å². The summed E-state index contributed by atoms with van der Waals surface area (Å²) >= 11 is 0. The minimum Gasteiger partial charge on any atom is -0.266 e. The second-order valence-corrected chi connectivity index (χ2v) is 3.62. The molecule has 0 aromatic rings. The number of hydrazine groups is 1. The van der Waals surface area contributed by atoms with Crippen molar-refractivity contribution in [3.8, 4) is 0 Å². The van der Waals surface area contributed by atoms with Crippen LogP contribution in [0.1, 0.15) is 33.6 Å². The van der Waals surface area contributed by atoms with Crippen LogP contribution in [0.25, 0.3) is 0 Å². The zero-order valence-electron chi connectivity index (χ0n) is 9.75. The van der Waals surface area contributed by atoms with Crippen LogP contribution in [0.5, 0.6) is 0 Å². The first kappa shape index (κ1) is 11.7. The van der Waals surface area contributed by atoms with Crippen molar-refractivity contribution in [3.63, 3.8) is 0 Å². The fourth-order valence-corrected chi connectivity index (χ4v) is 1.53. The van der Waals surface area contributed by atoms with Crippen molar-refractivity contribution in [2.24, 2.45) is 10.8 Å². The third-order valence-corrected chi connectivity index (χ3v) is 2.48. The highest BCUT2D eigenvalue weighted by atomic mass is 15.4. The van der Waals surface area contributed by atoms with Gasteiger partial charge in [-0.3, -0.25) is 5.01 Å². The van der Waals surface area contributed by atoms with Gasteiger partial charge in [-0.2, -0.15) is 0 Å². The van der Waals surface area contributed by atoms with E-state index in [2.05, 4.69) is 24.6 Å². The van der Waals surface area contributed by atoms with Gasteiger partial charge in [0, 0.05) is 0 Å². The van der Waals surface area contributed by atoms with Gasteiger partial charge in [-0.25, -0.2) is 10.8 Å². The maximum Gasteiger partial charge on any atom is 0.120 e. The van der Waals surface area contributed by atoms with Gasteiger partial charge in [0.1, 0.15) is 5.84 Å². The molecule has 15 heavy (non-hydrogen) atoms. The standard InChI is InChI=1S/C12H19N3/c1-5-7-8-12-9(3)11(6-2)14-10(4)15(12)13/h6,8H,2,5,7,13H2,1,3-4H3/b12-8+. The Morgan fingerprint density at radius 2 is 2.13 bits per heavy atom. The lowest BCUT2D eigenvalue weighted by molar-refractivity contribution is 0.536. The van der Waals surface area contributed by atoms with E-state index in [1.54, 1.807) is 11.1 Å². The zero-order valence-corrected chi connectivity index (χ0v) is 9.75. The maximum absolute atomic E-state index is 5.94. The molecule has 1 rings (SSSR count). The Balaban J connectivity index is 3.12. The molecule has 0 fully saturated rings. The summed E-state index contributed by atoms with van der Waals surface area (Å²) in [5.74, 6) is 6.74. The van der Waals surface area contributed by atoms with Crippen molar-refractivity contribution in [1.29, 1.82) is 0 Å². The van der Waals surface area contributed by atoms with Gasteiger partial charge in [-0.05, 0) is 31.9 Å². The Labute approximate surface area is 91.6 Å². The van der Waals surface area contributed by atoms with E-state index in [1.165, 1.54) is 0 Å². The first-order valence-electron chi connectivity index (χ1n) is 5.25. The molecule has 1 aliphatic heterocycles. The third kappa shape index (κ3) is 2.36. The van der Waals surface area contributed by atoms with Crippen LogP contribution in [0.4, 0.5) is 0 Å². The summed E-state index contributed by atoms with van der Waals surface area (Å²) < 4.78 is 0. The molecule has 3 nitrogen and oxygen atoms in total. The van der Waals surface area contributed by atoms with E-state index in [0.717, 1.165) is 35.6 Å². The number of amidine groups is 1. The number of nitrogens with zero attached hydrogens (tertiary/aromatic N) is 2. The Kier molecular flexibility index (Phi) is 3.86. The Hall–Kier alpha value is -1.35. The van der Waals surface area contributed by atoms with E-state index in [1.807, 2.05) is 13.8 Å². The molecule has 0 radical (unpaired) electrons. The first-order valence-corrected chi connectivity index (χ1v) is 5.25. The minimum absolute atomic E-state index is 0.804. The summed E-state index contributed by atoms with van der Waals surface area (Å²) in [4.78, 5) is 4.36. The summed E-state index contributed by atoms with van der Waals surface area (Å²) in [6, 6.07) is 0. The summed E-state index contributed by atoms with van der Waals surface area (Å²) in [5.41, 5.74) is 3.04. The van der Waals surface area contributed by atoms with Gasteiger partial charge >= 0.3 is 0 Å². The van der Waals surface area contributed by atoms with Crippen LogP contribution < -0.4 is 5.84 Å². The summed E-state index contributed by atoms with van der Waals surface area (Å²) in [6.45, 7) is 9.83. The molecule has 1 heterocycles. The van der Waals surface area contributed by atoms with Crippen molar-refractivity contribution in [1.82, 2.24) is 5.01 Å². The molecular weight excluding hydrogens is 186 g/mol. The van der Waals surface area contributed by atoms with E-state index in [4.69, 9.17) is 5.84 Å². The number of aliphatic imine (C=N–C) groups is 1. The fourth-order valence-electron chi connectivity index (χ4n) is 1.53. The molecule has 0 saturated carbocycles. The van der Waals surface area contributed by atoms with Crippen LogP contribution >= 0.6 is 0 Å². The molecule has 0 unspecified atom stereocenters. The zero-order chi connectivity index (χ0) is 11.4. The topological polar surface area (TPSA) is 41.6 Å². The third-order valence-electron chi connectivity index (χ3n) is 2.48. The van der Waals surface area contributed by atoms with Crippen molar-refractivity contribution in [2.75, 3.05) is 0 Å². The molecule has 0 saturated heterocycles. The minimum atomic E-state index is 0.804. The number of allylic oxidation sites excluding steroid dienone is 3. The van der Waals surface area contributed by atoms with Crippen molar-refractivity contribution in [3.05, 3.63) is 35.7 Å². The van der Waals surface area contributed by atoms with Crippen LogP contribution in [0.3, 0.4) is 0 Å². The van der Waals surface area contributed by atoms with Gasteiger partial charge in [0.15, 0.2) is 0 Å². The van der Waals surface area contributed by atoms with E-state index in [-0.39, 0.29) is 0 Å². The van der Waals surface area contributed by atoms with E-state index < -0.39 is 0 Å². The molecule has 0 aromatic carbocycles. The predicted octanol–water partition coefficient (Wildman–Crippen LogP) is 2.74. The average molecular weight is 205 g/mol. The van der Waals surface area contributed by atoms with Gasteiger partial charge in [0.25, 0.3) is 0 Å². The van der Waals surface area contributed by atoms with Gasteiger partial charge in [0.2, 0.25) is 0 Å². The van der Waals surface area contributed by atoms with E-state index in [9.17, 15) is 0 Å². The number of unbranched alkanes of at least 4 members (excludes halogenated alkanes) is 1. The lowest BCUT2D eigenvalue weighted by Gasteiger charge is -2.27. The summed E-state index contributed by atoms with van der Waals surface area (Å²) in [6.07, 6.45) is 6.06. The van der Waals surface area contributed by atoms with Gasteiger partial charge in [0.05, 0.1) is 11.4 Å². The second-order valence-electron chi connectivity index (χ2n) is 3.62. The average Bonchev–Trinajstić information content (AvgIpc) is 2.23. The predicted molar refractivity (Wildman–Crippen MR) is 65.0 cm³/mol. The SMILES string of the molecule is C=CC1=C(C)/C(=C\CCC)N(N)C(C)=N1. The van der Waals surface area contributed by atoms with E-state index in [0.29, 0.717) is 0 Å². The van der Waals surface area contributed by atoms with Crippen LogP contribution in [-0.2, 0) is 0 Å². The molecule has 82 valence electrons. The normalized spacial score (nSPS) is 19.6. The Morgan fingerprint density at radius 1 is 1.47 bits per heavy atom. The quantitative estimate of drug-likeness (QED) is 0.720. The lowest BCUT2D eigenvalue weighted by atomic mass is 10.1. The largest absolute Gasteiger partial charge is 0.266 e. The number of hydrogen-bond donors (Lipinski definition) is 1. The molecule has 0 atom stereocenters. The van der Waals surface area contributed by atoms with Crippen molar-refractivity contribution >= 4 is 5.84 Å². The number of rotatable bonds is 3. The summed E-state index contributed by atoms with van der Waals surface area (Å²) in [7, 11) is 0. The summed E-state index contributed by atoms with van der Waals surface area (Å²) in [5, 5.41) is 1.64. The highest BCUT2D eigenvalue weighted by Gasteiger charge is 2.17. The number of hydrogen-bond acceptors (Lipinski definition) is 3. The van der Waals surface area contributed by atoms with Crippen LogP contribution in [0.2, 0.25) is 0 Å². The highest BCUT2D eigenvalue weighted by molar-refractivity contribution is 5.84. The van der Waals surface area contributed by atoms with Gasteiger partial charge in [-0.15, -0.1) is 0 Å². The molecule has 0 aromatic heterocycles. The van der Waals surface area contributed by atoms with Gasteiger partial charge in [-0.1, -0.05) is 26.0 Å². The smallest absolute Gasteiger partial charge is 0.120 e. The number of nitrogens with two attached hydrogens (primary N) is 1. The van der Waals surface area contributed by atoms with E-state index >= 15 is 0 Å².